The normalized spacial score (nSPS) is 19.5. The van der Waals surface area contributed by atoms with E-state index in [0.29, 0.717) is 16.7 Å². The number of imidazole rings is 1. The topological polar surface area (TPSA) is 243 Å². The number of thioether (sulfide) groups is 1. The third-order valence-corrected chi connectivity index (χ3v) is 8.54. The predicted octanol–water partition coefficient (Wildman–Crippen LogP) is -0.243. The second kappa shape index (κ2) is 10.9. The maximum atomic E-state index is 13.2. The van der Waals surface area contributed by atoms with Gasteiger partial charge >= 0.3 is 23.5 Å². The zero-order chi connectivity index (χ0) is 29.6. The number of carbonyl (C=O) groups is 4. The van der Waals surface area contributed by atoms with E-state index in [0.717, 1.165) is 16.2 Å². The molecule has 2 amide bonds. The van der Waals surface area contributed by atoms with E-state index in [1.54, 1.807) is 22.9 Å². The third-order valence-electron chi connectivity index (χ3n) is 6.12. The molecule has 2 aliphatic rings. The van der Waals surface area contributed by atoms with Crippen LogP contribution in [0.15, 0.2) is 34.8 Å². The highest BCUT2D eigenvalue weighted by molar-refractivity contribution is 8.00. The van der Waals surface area contributed by atoms with Gasteiger partial charge in [-0.05, 0) is 24.0 Å². The van der Waals surface area contributed by atoms with Crippen LogP contribution in [0.2, 0.25) is 4.34 Å². The number of nitrogens with one attached hydrogen (secondary N) is 2. The number of halogens is 1. The van der Waals surface area contributed by atoms with Crippen molar-refractivity contribution in [2.75, 3.05) is 17.2 Å². The van der Waals surface area contributed by atoms with E-state index in [1.807, 2.05) is 0 Å². The average molecular weight is 623 g/mol. The predicted molar refractivity (Wildman–Crippen MR) is 147 cm³/mol. The standard InChI is InChI=1S/C22H20ClN9O7S2/c1-7(19(35)36)39-30-11(10-14(23)41-22(25)28-10)16(33)27-12-17(34)32-13(20(37)38)8(6-40-18(12)32)5-31-4-2-3-9-15(31)29-21(24)26-9/h2-4,7,12,18H,5-6H2,1H3,(H7,24,25,26,27,28,33,35,36,37,38)/p+1/t7-,12+,18?/m0/s1. The fourth-order valence-corrected chi connectivity index (χ4v) is 6.49. The van der Waals surface area contributed by atoms with Gasteiger partial charge in [0.05, 0.1) is 6.20 Å². The maximum absolute atomic E-state index is 13.2. The second-order valence-electron chi connectivity index (χ2n) is 8.81. The number of carboxylic acid groups (broad SMARTS) is 2. The zero-order valence-corrected chi connectivity index (χ0v) is 23.3. The summed E-state index contributed by atoms with van der Waals surface area (Å²) >= 11 is 8.25. The fraction of sp³-hybridized carbons (Fsp3) is 0.273. The Balaban J connectivity index is 1.39. The van der Waals surface area contributed by atoms with Crippen molar-refractivity contribution in [2.45, 2.75) is 31.0 Å². The van der Waals surface area contributed by atoms with E-state index in [-0.39, 0.29) is 39.1 Å². The Morgan fingerprint density at radius 1 is 1.37 bits per heavy atom. The van der Waals surface area contributed by atoms with Gasteiger partial charge in [-0.1, -0.05) is 28.1 Å². The third kappa shape index (κ3) is 5.23. The first-order chi connectivity index (χ1) is 19.5. The summed E-state index contributed by atoms with van der Waals surface area (Å²) in [5, 5.41) is 24.5. The van der Waals surface area contributed by atoms with Crippen molar-refractivity contribution in [2.24, 2.45) is 5.16 Å². The first kappa shape index (κ1) is 28.1. The molecule has 0 bridgehead atoms. The van der Waals surface area contributed by atoms with Gasteiger partial charge in [0.2, 0.25) is 6.10 Å². The summed E-state index contributed by atoms with van der Waals surface area (Å²) < 4.78 is 1.71. The molecular weight excluding hydrogens is 602 g/mol. The lowest BCUT2D eigenvalue weighted by Crippen LogP contribution is -2.71. The highest BCUT2D eigenvalue weighted by atomic mass is 35.5. The number of nitrogen functional groups attached to an aromatic ring is 2. The number of oxime groups is 1. The first-order valence-electron chi connectivity index (χ1n) is 11.7. The molecule has 8 N–H and O–H groups in total. The lowest BCUT2D eigenvalue weighted by Gasteiger charge is -2.49. The molecule has 0 aliphatic carbocycles. The largest absolute Gasteiger partial charge is 0.478 e. The van der Waals surface area contributed by atoms with E-state index in [1.165, 1.54) is 18.7 Å². The highest BCUT2D eigenvalue weighted by Crippen LogP contribution is 2.40. The molecule has 5 rings (SSSR count). The monoisotopic (exact) mass is 622 g/mol. The molecule has 1 unspecified atom stereocenters. The average Bonchev–Trinajstić information content (AvgIpc) is 3.47. The molecule has 3 aromatic heterocycles. The SMILES string of the molecule is C[C@H](ON=C(C(=O)N[C@@H]1C(=O)N2C(C(=O)O)=C(C[n+]3cccc4[nH]c(N)nc43)CSC12)c1nc(N)sc1Cl)C(=O)O. The van der Waals surface area contributed by atoms with Gasteiger partial charge < -0.3 is 31.8 Å². The van der Waals surface area contributed by atoms with Gasteiger partial charge in [0, 0.05) is 11.3 Å². The van der Waals surface area contributed by atoms with E-state index in [2.05, 4.69) is 25.4 Å². The second-order valence-corrected chi connectivity index (χ2v) is 11.6. The number of aromatic nitrogens is 4. The molecule has 19 heteroatoms. The number of hydrogen-bond acceptors (Lipinski definition) is 12. The van der Waals surface area contributed by atoms with Gasteiger partial charge in [-0.3, -0.25) is 19.5 Å². The van der Waals surface area contributed by atoms with E-state index < -0.39 is 47.0 Å². The number of nitrogens with zero attached hydrogens (tertiary/aromatic N) is 5. The van der Waals surface area contributed by atoms with Gasteiger partial charge in [0.1, 0.15) is 39.2 Å². The Morgan fingerprint density at radius 3 is 2.78 bits per heavy atom. The summed E-state index contributed by atoms with van der Waals surface area (Å²) in [5.74, 6) is -3.82. The number of aromatic amines is 1. The fourth-order valence-electron chi connectivity index (χ4n) is 4.22. The van der Waals surface area contributed by atoms with Crippen LogP contribution in [0.25, 0.3) is 11.2 Å². The van der Waals surface area contributed by atoms with Crippen LogP contribution in [0.1, 0.15) is 12.6 Å². The van der Waals surface area contributed by atoms with Crippen LogP contribution in [-0.4, -0.2) is 82.8 Å². The molecule has 1 fully saturated rings. The number of nitrogens with two attached hydrogens (primary N) is 2. The molecule has 1 saturated heterocycles. The van der Waals surface area contributed by atoms with Gasteiger partial charge in [-0.15, -0.1) is 11.8 Å². The number of H-pyrrole nitrogens is 1. The smallest absolute Gasteiger partial charge is 0.352 e. The van der Waals surface area contributed by atoms with Gasteiger partial charge in [-0.25, -0.2) is 19.1 Å². The van der Waals surface area contributed by atoms with Crippen LogP contribution in [-0.2, 0) is 30.6 Å². The van der Waals surface area contributed by atoms with Crippen molar-refractivity contribution in [3.63, 3.8) is 0 Å². The number of amides is 2. The molecule has 5 heterocycles. The Hall–Kier alpha value is -4.42. The van der Waals surface area contributed by atoms with Crippen molar-refractivity contribution < 1.29 is 38.8 Å². The molecule has 41 heavy (non-hydrogen) atoms. The molecule has 214 valence electrons. The number of carboxylic acids is 2. The Morgan fingerprint density at radius 2 is 2.12 bits per heavy atom. The van der Waals surface area contributed by atoms with Crippen LogP contribution in [0.4, 0.5) is 11.1 Å². The molecule has 3 aromatic rings. The summed E-state index contributed by atoms with van der Waals surface area (Å²) in [6.07, 6.45) is 0.308. The Kier molecular flexibility index (Phi) is 7.45. The minimum Gasteiger partial charge on any atom is -0.478 e. The van der Waals surface area contributed by atoms with Gasteiger partial charge in [-0.2, -0.15) is 0 Å². The van der Waals surface area contributed by atoms with E-state index in [4.69, 9.17) is 33.0 Å². The number of hydrogen-bond donors (Lipinski definition) is 6. The minimum absolute atomic E-state index is 0.0106. The van der Waals surface area contributed by atoms with Crippen LogP contribution >= 0.6 is 34.7 Å². The maximum Gasteiger partial charge on any atom is 0.352 e. The summed E-state index contributed by atoms with van der Waals surface area (Å²) in [6.45, 7) is 1.32. The molecular formula is C22H21ClN9O7S2+. The van der Waals surface area contributed by atoms with Crippen molar-refractivity contribution >= 4 is 86.4 Å². The number of fused-ring (bicyclic) bond motifs is 2. The van der Waals surface area contributed by atoms with Crippen molar-refractivity contribution in [1.29, 1.82) is 0 Å². The summed E-state index contributed by atoms with van der Waals surface area (Å²) in [6, 6.07) is 2.41. The minimum atomic E-state index is -1.41. The number of thiazole rings is 1. The van der Waals surface area contributed by atoms with Crippen LogP contribution in [0, 0.1) is 0 Å². The van der Waals surface area contributed by atoms with Crippen LogP contribution in [0.3, 0.4) is 0 Å². The summed E-state index contributed by atoms with van der Waals surface area (Å²) in [7, 11) is 0. The van der Waals surface area contributed by atoms with Crippen molar-refractivity contribution in [3.8, 4) is 0 Å². The van der Waals surface area contributed by atoms with Crippen molar-refractivity contribution in [1.82, 2.24) is 25.2 Å². The molecule has 3 atom stereocenters. The number of β-lactam (4-membered cyclic amide) rings is 1. The Bertz CT molecular complexity index is 1670. The molecule has 16 nitrogen and oxygen atoms in total. The number of aliphatic carboxylic acids is 2. The molecule has 0 aromatic carbocycles. The first-order valence-corrected chi connectivity index (χ1v) is 13.9. The summed E-state index contributed by atoms with van der Waals surface area (Å²) in [4.78, 5) is 67.0. The molecule has 0 radical (unpaired) electrons. The van der Waals surface area contributed by atoms with Crippen molar-refractivity contribution in [3.05, 3.63) is 39.6 Å². The van der Waals surface area contributed by atoms with Gasteiger partial charge in [0.25, 0.3) is 11.8 Å². The lowest BCUT2D eigenvalue weighted by molar-refractivity contribution is -0.664. The lowest BCUT2D eigenvalue weighted by atomic mass is 10.0. The number of anilines is 2. The quantitative estimate of drug-likeness (QED) is 0.0783. The molecule has 0 saturated carbocycles. The number of pyridine rings is 1. The molecule has 2 aliphatic heterocycles. The summed E-state index contributed by atoms with van der Waals surface area (Å²) in [5.41, 5.74) is 12.2. The van der Waals surface area contributed by atoms with Crippen LogP contribution < -0.4 is 21.4 Å². The van der Waals surface area contributed by atoms with E-state index >= 15 is 0 Å². The van der Waals surface area contributed by atoms with Gasteiger partial charge in [0.15, 0.2) is 10.8 Å². The highest BCUT2D eigenvalue weighted by Gasteiger charge is 2.54. The number of rotatable bonds is 9. The zero-order valence-electron chi connectivity index (χ0n) is 20.9. The number of carbonyl (C=O) groups excluding carboxylic acids is 2. The van der Waals surface area contributed by atoms with Crippen LogP contribution in [0.5, 0.6) is 0 Å². The molecule has 0 spiro atoms. The van der Waals surface area contributed by atoms with E-state index in [9.17, 15) is 24.3 Å². The Labute approximate surface area is 243 Å².